The number of hydrogen-bond donors (Lipinski definition) is 2. The fourth-order valence-corrected chi connectivity index (χ4v) is 1.97. The van der Waals surface area contributed by atoms with Gasteiger partial charge in [-0.25, -0.2) is 0 Å². The standard InChI is InChI=1S/C12H15ClF3N3O/c1-19(6-8-3-2-4-9(13)5-8)7-10(11(17)18-20)12(14,15)16/h2-5,10,20H,6-7H2,1H3,(H2,17,18). The third-order valence-corrected chi connectivity index (χ3v) is 2.94. The lowest BCUT2D eigenvalue weighted by Gasteiger charge is -2.25. The summed E-state index contributed by atoms with van der Waals surface area (Å²) in [6.45, 7) is -0.141. The van der Waals surface area contributed by atoms with Gasteiger partial charge in [-0.2, -0.15) is 13.2 Å². The van der Waals surface area contributed by atoms with Gasteiger partial charge in [-0.05, 0) is 24.7 Å². The van der Waals surface area contributed by atoms with E-state index in [0.29, 0.717) is 5.02 Å². The topological polar surface area (TPSA) is 61.8 Å². The van der Waals surface area contributed by atoms with Gasteiger partial charge in [-0.3, -0.25) is 0 Å². The molecule has 1 rings (SSSR count). The summed E-state index contributed by atoms with van der Waals surface area (Å²) in [6.07, 6.45) is -4.57. The van der Waals surface area contributed by atoms with Gasteiger partial charge in [-0.15, -0.1) is 0 Å². The highest BCUT2D eigenvalue weighted by atomic mass is 35.5. The zero-order chi connectivity index (χ0) is 15.3. The molecule has 1 aromatic rings. The van der Waals surface area contributed by atoms with Gasteiger partial charge in [0.2, 0.25) is 0 Å². The molecule has 1 aromatic carbocycles. The van der Waals surface area contributed by atoms with Crippen molar-refractivity contribution >= 4 is 17.4 Å². The Hall–Kier alpha value is -1.47. The first-order chi connectivity index (χ1) is 9.24. The molecule has 20 heavy (non-hydrogen) atoms. The van der Waals surface area contributed by atoms with Crippen LogP contribution in [0.1, 0.15) is 5.56 Å². The van der Waals surface area contributed by atoms with Gasteiger partial charge in [0.1, 0.15) is 5.92 Å². The van der Waals surface area contributed by atoms with E-state index in [1.807, 2.05) is 0 Å². The third-order valence-electron chi connectivity index (χ3n) is 2.70. The number of hydrogen-bond acceptors (Lipinski definition) is 3. The maximum absolute atomic E-state index is 12.8. The molecule has 0 spiro atoms. The average molecular weight is 310 g/mol. The van der Waals surface area contributed by atoms with Gasteiger partial charge >= 0.3 is 6.18 Å². The predicted molar refractivity (Wildman–Crippen MR) is 70.7 cm³/mol. The Labute approximate surface area is 119 Å². The molecule has 4 nitrogen and oxygen atoms in total. The smallest absolute Gasteiger partial charge is 0.400 e. The number of nitrogens with two attached hydrogens (primary N) is 1. The minimum absolute atomic E-state index is 0.270. The summed E-state index contributed by atoms with van der Waals surface area (Å²) in [4.78, 5) is 1.43. The van der Waals surface area contributed by atoms with Crippen molar-refractivity contribution in [1.82, 2.24) is 4.90 Å². The molecule has 1 atom stereocenters. The molecule has 0 heterocycles. The van der Waals surface area contributed by atoms with Gasteiger partial charge in [0.05, 0.1) is 0 Å². The van der Waals surface area contributed by atoms with Crippen LogP contribution in [0.25, 0.3) is 0 Å². The Bertz CT molecular complexity index is 479. The van der Waals surface area contributed by atoms with E-state index in [1.54, 1.807) is 24.3 Å². The molecule has 1 unspecified atom stereocenters. The van der Waals surface area contributed by atoms with Gasteiger partial charge in [0, 0.05) is 18.1 Å². The molecule has 3 N–H and O–H groups in total. The highest BCUT2D eigenvalue weighted by Gasteiger charge is 2.43. The van der Waals surface area contributed by atoms with Crippen molar-refractivity contribution in [2.24, 2.45) is 16.8 Å². The van der Waals surface area contributed by atoms with E-state index in [4.69, 9.17) is 22.5 Å². The molecule has 0 bridgehead atoms. The first-order valence-electron chi connectivity index (χ1n) is 5.71. The van der Waals surface area contributed by atoms with E-state index in [2.05, 4.69) is 5.16 Å². The van der Waals surface area contributed by atoms with E-state index in [9.17, 15) is 13.2 Å². The van der Waals surface area contributed by atoms with Crippen LogP contribution in [0.4, 0.5) is 13.2 Å². The van der Waals surface area contributed by atoms with Crippen molar-refractivity contribution in [3.8, 4) is 0 Å². The number of oxime groups is 1. The van der Waals surface area contributed by atoms with Crippen molar-refractivity contribution in [1.29, 1.82) is 0 Å². The normalized spacial score (nSPS) is 14.6. The molecule has 0 radical (unpaired) electrons. The summed E-state index contributed by atoms with van der Waals surface area (Å²) in [5.41, 5.74) is 5.88. The van der Waals surface area contributed by atoms with Crippen molar-refractivity contribution in [2.75, 3.05) is 13.6 Å². The number of amidine groups is 1. The van der Waals surface area contributed by atoms with Crippen molar-refractivity contribution in [3.63, 3.8) is 0 Å². The monoisotopic (exact) mass is 309 g/mol. The summed E-state index contributed by atoms with van der Waals surface area (Å²) in [5.74, 6) is -2.87. The summed E-state index contributed by atoms with van der Waals surface area (Å²) in [5, 5.41) is 11.4. The van der Waals surface area contributed by atoms with Crippen LogP contribution in [0, 0.1) is 5.92 Å². The molecular weight excluding hydrogens is 295 g/mol. The Morgan fingerprint density at radius 1 is 1.50 bits per heavy atom. The van der Waals surface area contributed by atoms with Gasteiger partial charge in [-0.1, -0.05) is 28.9 Å². The van der Waals surface area contributed by atoms with Crippen molar-refractivity contribution < 1.29 is 18.4 Å². The van der Waals surface area contributed by atoms with Crippen LogP contribution in [-0.2, 0) is 6.54 Å². The molecule has 0 aromatic heterocycles. The van der Waals surface area contributed by atoms with Crippen LogP contribution in [0.2, 0.25) is 5.02 Å². The summed E-state index contributed by atoms with van der Waals surface area (Å²) in [6, 6.07) is 6.83. The lowest BCUT2D eigenvalue weighted by atomic mass is 10.1. The Kier molecular flexibility index (Phi) is 5.64. The fourth-order valence-electron chi connectivity index (χ4n) is 1.76. The van der Waals surface area contributed by atoms with Crippen LogP contribution in [-0.4, -0.2) is 35.7 Å². The first kappa shape index (κ1) is 16.6. The van der Waals surface area contributed by atoms with E-state index < -0.39 is 24.5 Å². The Balaban J connectivity index is 2.74. The molecule has 112 valence electrons. The number of benzene rings is 1. The third kappa shape index (κ3) is 4.90. The second kappa shape index (κ2) is 6.81. The molecule has 0 aliphatic carbocycles. The summed E-state index contributed by atoms with van der Waals surface area (Å²) >= 11 is 5.81. The van der Waals surface area contributed by atoms with E-state index >= 15 is 0 Å². The zero-order valence-corrected chi connectivity index (χ0v) is 11.5. The fraction of sp³-hybridized carbons (Fsp3) is 0.417. The van der Waals surface area contributed by atoms with E-state index in [0.717, 1.165) is 5.56 Å². The quantitative estimate of drug-likeness (QED) is 0.380. The Morgan fingerprint density at radius 3 is 2.65 bits per heavy atom. The van der Waals surface area contributed by atoms with Crippen LogP contribution in [0.15, 0.2) is 29.4 Å². The molecule has 0 aliphatic heterocycles. The molecular formula is C12H15ClF3N3O. The van der Waals surface area contributed by atoms with Gasteiger partial charge < -0.3 is 15.8 Å². The SMILES string of the molecule is CN(Cc1cccc(Cl)c1)CC(/C(N)=N/O)C(F)(F)F. The minimum Gasteiger partial charge on any atom is -0.409 e. The lowest BCUT2D eigenvalue weighted by Crippen LogP contribution is -2.43. The van der Waals surface area contributed by atoms with Crippen LogP contribution in [0.3, 0.4) is 0 Å². The van der Waals surface area contributed by atoms with Gasteiger partial charge in [0.25, 0.3) is 0 Å². The number of nitrogens with zero attached hydrogens (tertiary/aromatic N) is 2. The lowest BCUT2D eigenvalue weighted by molar-refractivity contribution is -0.159. The van der Waals surface area contributed by atoms with Crippen molar-refractivity contribution in [2.45, 2.75) is 12.7 Å². The summed E-state index contributed by atoms with van der Waals surface area (Å²) in [7, 11) is 1.52. The molecule has 0 saturated carbocycles. The van der Waals surface area contributed by atoms with Crippen LogP contribution < -0.4 is 5.73 Å². The first-order valence-corrected chi connectivity index (χ1v) is 6.09. The van der Waals surface area contributed by atoms with Crippen molar-refractivity contribution in [3.05, 3.63) is 34.9 Å². The second-order valence-electron chi connectivity index (χ2n) is 4.45. The molecule has 0 saturated heterocycles. The minimum atomic E-state index is -4.57. The number of alkyl halides is 3. The summed E-state index contributed by atoms with van der Waals surface area (Å²) < 4.78 is 38.4. The maximum Gasteiger partial charge on any atom is 0.400 e. The predicted octanol–water partition coefficient (Wildman–Crippen LogP) is 2.70. The average Bonchev–Trinajstić information content (AvgIpc) is 2.33. The van der Waals surface area contributed by atoms with E-state index in [1.165, 1.54) is 11.9 Å². The zero-order valence-electron chi connectivity index (χ0n) is 10.7. The molecule has 0 aliphatic rings. The molecule has 0 amide bonds. The van der Waals surface area contributed by atoms with Gasteiger partial charge in [0.15, 0.2) is 5.84 Å². The number of halogens is 4. The highest BCUT2D eigenvalue weighted by molar-refractivity contribution is 6.30. The van der Waals surface area contributed by atoms with Crippen LogP contribution >= 0.6 is 11.6 Å². The molecule has 8 heteroatoms. The maximum atomic E-state index is 12.8. The highest BCUT2D eigenvalue weighted by Crippen LogP contribution is 2.27. The van der Waals surface area contributed by atoms with Crippen LogP contribution in [0.5, 0.6) is 0 Å². The molecule has 0 fully saturated rings. The largest absolute Gasteiger partial charge is 0.409 e. The second-order valence-corrected chi connectivity index (χ2v) is 4.88. The van der Waals surface area contributed by atoms with E-state index in [-0.39, 0.29) is 6.54 Å². The Morgan fingerprint density at radius 2 is 2.15 bits per heavy atom. The number of rotatable bonds is 5.